The van der Waals surface area contributed by atoms with Gasteiger partial charge in [-0.1, -0.05) is 54.6 Å². The first-order chi connectivity index (χ1) is 14.9. The van der Waals surface area contributed by atoms with Crippen LogP contribution in [0.4, 0.5) is 21.8 Å². The van der Waals surface area contributed by atoms with Crippen molar-refractivity contribution in [3.63, 3.8) is 0 Å². The molecule has 158 valence electrons. The molecule has 0 spiro atoms. The molecule has 0 amide bonds. The van der Waals surface area contributed by atoms with E-state index in [-0.39, 0.29) is 23.2 Å². The van der Waals surface area contributed by atoms with E-state index in [2.05, 4.69) is 9.97 Å². The number of halogens is 1. The van der Waals surface area contributed by atoms with Crippen LogP contribution in [-0.2, 0) is 6.61 Å². The number of nitrogens with zero attached hydrogens (tertiary/aromatic N) is 2. The van der Waals surface area contributed by atoms with Crippen molar-refractivity contribution >= 4 is 17.5 Å². The number of ether oxygens (including phenoxy) is 1. The first-order valence-electron chi connectivity index (χ1n) is 9.33. The molecule has 0 fully saturated rings. The van der Waals surface area contributed by atoms with Crippen LogP contribution in [0.1, 0.15) is 5.56 Å². The Morgan fingerprint density at radius 3 is 2.26 bits per heavy atom. The fourth-order valence-electron chi connectivity index (χ4n) is 2.67. The van der Waals surface area contributed by atoms with Crippen LogP contribution in [-0.4, -0.2) is 15.1 Å². The van der Waals surface area contributed by atoms with E-state index in [0.29, 0.717) is 17.9 Å². The summed E-state index contributed by atoms with van der Waals surface area (Å²) in [6.07, 6.45) is 0. The number of phenolic OH excluding ortho intramolecular Hbond substituents is 1. The number of aromatic nitrogens is 2. The van der Waals surface area contributed by atoms with Gasteiger partial charge in [-0.05, 0) is 29.8 Å². The van der Waals surface area contributed by atoms with Gasteiger partial charge in [0.15, 0.2) is 11.6 Å². The largest absolute Gasteiger partial charge is 0.508 e. The molecule has 31 heavy (non-hydrogen) atoms. The van der Waals surface area contributed by atoms with Crippen LogP contribution in [0, 0.1) is 5.82 Å². The van der Waals surface area contributed by atoms with E-state index in [1.54, 1.807) is 12.1 Å². The van der Waals surface area contributed by atoms with E-state index in [4.69, 9.17) is 21.9 Å². The second-order valence-electron chi connectivity index (χ2n) is 6.49. The van der Waals surface area contributed by atoms with Gasteiger partial charge < -0.3 is 27.0 Å². The fourth-order valence-corrected chi connectivity index (χ4v) is 2.67. The molecule has 0 radical (unpaired) electrons. The van der Waals surface area contributed by atoms with Crippen molar-refractivity contribution in [2.75, 3.05) is 17.2 Å². The third-order valence-electron chi connectivity index (χ3n) is 4.17. The van der Waals surface area contributed by atoms with Crippen LogP contribution < -0.4 is 21.9 Å². The van der Waals surface area contributed by atoms with Crippen molar-refractivity contribution in [1.29, 1.82) is 0 Å². The molecule has 0 aliphatic rings. The van der Waals surface area contributed by atoms with Crippen molar-refractivity contribution < 1.29 is 14.2 Å². The fraction of sp³-hybridized carbons (Fsp3) is 0.0435. The minimum Gasteiger partial charge on any atom is -0.508 e. The third-order valence-corrected chi connectivity index (χ3v) is 4.17. The number of anilines is 3. The lowest BCUT2D eigenvalue weighted by Gasteiger charge is -2.08. The van der Waals surface area contributed by atoms with E-state index in [9.17, 15) is 9.50 Å². The van der Waals surface area contributed by atoms with Crippen LogP contribution in [0.15, 0.2) is 78.9 Å². The van der Waals surface area contributed by atoms with Gasteiger partial charge in [0.05, 0.1) is 5.69 Å². The van der Waals surface area contributed by atoms with Crippen molar-refractivity contribution in [2.24, 2.45) is 0 Å². The molecule has 0 aliphatic heterocycles. The summed E-state index contributed by atoms with van der Waals surface area (Å²) in [5.41, 5.74) is 18.6. The van der Waals surface area contributed by atoms with E-state index >= 15 is 0 Å². The lowest BCUT2D eigenvalue weighted by atomic mass is 10.1. The Morgan fingerprint density at radius 2 is 1.55 bits per heavy atom. The average molecular weight is 419 g/mol. The molecule has 3 aromatic carbocycles. The summed E-state index contributed by atoms with van der Waals surface area (Å²) in [6.45, 7) is 0.551. The molecule has 7 nitrogen and oxygen atoms in total. The SMILES string of the molecule is Nc1ccccc1OCc1ccccc1.Nc1nc(N)c(F)c(-c2cccc(O)c2)n1. The molecule has 0 saturated heterocycles. The van der Waals surface area contributed by atoms with Gasteiger partial charge in [0.25, 0.3) is 0 Å². The van der Waals surface area contributed by atoms with Crippen molar-refractivity contribution in [3.8, 4) is 22.8 Å². The number of nitrogens with two attached hydrogens (primary N) is 3. The summed E-state index contributed by atoms with van der Waals surface area (Å²) in [5, 5.41) is 9.28. The minimum absolute atomic E-state index is 0.00709. The summed E-state index contributed by atoms with van der Waals surface area (Å²) in [6, 6.07) is 23.5. The Balaban J connectivity index is 0.000000176. The molecule has 4 rings (SSSR count). The summed E-state index contributed by atoms with van der Waals surface area (Å²) in [7, 11) is 0. The number of benzene rings is 3. The molecule has 1 heterocycles. The van der Waals surface area contributed by atoms with Gasteiger partial charge in [-0.3, -0.25) is 0 Å². The Bertz CT molecular complexity index is 1160. The number of aromatic hydroxyl groups is 1. The highest BCUT2D eigenvalue weighted by molar-refractivity contribution is 5.65. The molecule has 0 atom stereocenters. The lowest BCUT2D eigenvalue weighted by molar-refractivity contribution is 0.308. The lowest BCUT2D eigenvalue weighted by Crippen LogP contribution is -2.04. The number of hydrogen-bond donors (Lipinski definition) is 4. The van der Waals surface area contributed by atoms with Crippen molar-refractivity contribution in [3.05, 3.63) is 90.2 Å². The smallest absolute Gasteiger partial charge is 0.222 e. The molecule has 1 aromatic heterocycles. The van der Waals surface area contributed by atoms with Gasteiger partial charge in [-0.2, -0.15) is 4.98 Å². The van der Waals surface area contributed by atoms with Crippen LogP contribution in [0.2, 0.25) is 0 Å². The van der Waals surface area contributed by atoms with Crippen molar-refractivity contribution in [1.82, 2.24) is 9.97 Å². The summed E-state index contributed by atoms with van der Waals surface area (Å²) < 4.78 is 19.2. The Morgan fingerprint density at radius 1 is 0.839 bits per heavy atom. The second kappa shape index (κ2) is 9.93. The highest BCUT2D eigenvalue weighted by atomic mass is 19.1. The Hall–Kier alpha value is -4.33. The van der Waals surface area contributed by atoms with E-state index in [0.717, 1.165) is 11.3 Å². The molecule has 0 aliphatic carbocycles. The van der Waals surface area contributed by atoms with E-state index < -0.39 is 5.82 Å². The molecule has 8 heteroatoms. The van der Waals surface area contributed by atoms with Crippen LogP contribution in [0.25, 0.3) is 11.3 Å². The molecule has 0 saturated carbocycles. The van der Waals surface area contributed by atoms with E-state index in [1.807, 2.05) is 54.6 Å². The predicted octanol–water partition coefficient (Wildman–Crippen LogP) is 4.00. The monoisotopic (exact) mass is 419 g/mol. The summed E-state index contributed by atoms with van der Waals surface area (Å²) in [4.78, 5) is 7.23. The number of rotatable bonds is 4. The molecule has 0 unspecified atom stereocenters. The standard InChI is InChI=1S/C13H13NO.C10H9FN4O/c14-12-8-4-5-9-13(12)15-10-11-6-2-1-3-7-11;11-7-8(14-10(13)15-9(7)12)5-2-1-3-6(16)4-5/h1-9H,10,14H2;1-4,16H,(H4,12,13,14,15). The van der Waals surface area contributed by atoms with E-state index in [1.165, 1.54) is 12.1 Å². The van der Waals surface area contributed by atoms with Crippen LogP contribution in [0.3, 0.4) is 0 Å². The van der Waals surface area contributed by atoms with Crippen molar-refractivity contribution in [2.45, 2.75) is 6.61 Å². The predicted molar refractivity (Wildman–Crippen MR) is 120 cm³/mol. The average Bonchev–Trinajstić information content (AvgIpc) is 2.77. The van der Waals surface area contributed by atoms with Gasteiger partial charge in [-0.25, -0.2) is 9.37 Å². The Kier molecular flexibility index (Phi) is 6.85. The number of phenols is 1. The number of para-hydroxylation sites is 2. The van der Waals surface area contributed by atoms with Crippen LogP contribution in [0.5, 0.6) is 11.5 Å². The zero-order valence-electron chi connectivity index (χ0n) is 16.6. The topological polar surface area (TPSA) is 133 Å². The van der Waals surface area contributed by atoms with Gasteiger partial charge in [0, 0.05) is 5.56 Å². The first-order valence-corrected chi connectivity index (χ1v) is 9.33. The first kappa shape index (κ1) is 21.4. The number of hydrogen-bond acceptors (Lipinski definition) is 7. The minimum atomic E-state index is -0.750. The van der Waals surface area contributed by atoms with Gasteiger partial charge in [-0.15, -0.1) is 0 Å². The zero-order valence-corrected chi connectivity index (χ0v) is 16.6. The molecular weight excluding hydrogens is 397 g/mol. The maximum Gasteiger partial charge on any atom is 0.222 e. The molecular formula is C23H22FN5O2. The quantitative estimate of drug-likeness (QED) is 0.367. The van der Waals surface area contributed by atoms with Gasteiger partial charge in [0.2, 0.25) is 5.95 Å². The Labute approximate surface area is 179 Å². The second-order valence-corrected chi connectivity index (χ2v) is 6.49. The van der Waals surface area contributed by atoms with Gasteiger partial charge in [0.1, 0.15) is 23.8 Å². The maximum atomic E-state index is 13.6. The normalized spacial score (nSPS) is 10.1. The van der Waals surface area contributed by atoms with Gasteiger partial charge >= 0.3 is 0 Å². The highest BCUT2D eigenvalue weighted by Gasteiger charge is 2.13. The highest BCUT2D eigenvalue weighted by Crippen LogP contribution is 2.26. The molecule has 4 aromatic rings. The molecule has 7 N–H and O–H groups in total. The summed E-state index contributed by atoms with van der Waals surface area (Å²) in [5.74, 6) is -0.433. The maximum absolute atomic E-state index is 13.6. The summed E-state index contributed by atoms with van der Waals surface area (Å²) >= 11 is 0. The van der Waals surface area contributed by atoms with Crippen LogP contribution >= 0.6 is 0 Å². The third kappa shape index (κ3) is 5.83. The number of nitrogen functional groups attached to an aromatic ring is 3. The molecule has 0 bridgehead atoms. The zero-order chi connectivity index (χ0) is 22.2.